The predicted molar refractivity (Wildman–Crippen MR) is 136 cm³/mol. The van der Waals surface area contributed by atoms with Crippen LogP contribution in [0.5, 0.6) is 11.6 Å². The highest BCUT2D eigenvalue weighted by atomic mass is 16.5. The van der Waals surface area contributed by atoms with Crippen LogP contribution in [0.15, 0.2) is 30.7 Å². The van der Waals surface area contributed by atoms with E-state index in [0.29, 0.717) is 17.7 Å². The summed E-state index contributed by atoms with van der Waals surface area (Å²) in [5, 5.41) is 4.59. The third-order valence-corrected chi connectivity index (χ3v) is 7.75. The SMILES string of the molecule is Cc1cc(-c2cnc(N)c(Oc3cnn(C4CCN(CC5CC5)CC4)c3)n2)cc2c1CCN(C)C2. The average molecular weight is 474 g/mol. The van der Waals surface area contributed by atoms with Crippen molar-refractivity contribution in [3.05, 3.63) is 47.4 Å². The van der Waals surface area contributed by atoms with Gasteiger partial charge in [-0.2, -0.15) is 5.10 Å². The first kappa shape index (κ1) is 22.5. The summed E-state index contributed by atoms with van der Waals surface area (Å²) in [6, 6.07) is 4.84. The van der Waals surface area contributed by atoms with Gasteiger partial charge >= 0.3 is 0 Å². The fourth-order valence-corrected chi connectivity index (χ4v) is 5.52. The summed E-state index contributed by atoms with van der Waals surface area (Å²) < 4.78 is 8.13. The van der Waals surface area contributed by atoms with Crippen molar-refractivity contribution < 1.29 is 4.74 Å². The van der Waals surface area contributed by atoms with Crippen LogP contribution in [-0.2, 0) is 13.0 Å². The van der Waals surface area contributed by atoms with E-state index in [1.165, 1.54) is 36.1 Å². The Kier molecular flexibility index (Phi) is 5.94. The lowest BCUT2D eigenvalue weighted by Crippen LogP contribution is -2.36. The molecule has 8 heteroatoms. The number of fused-ring (bicyclic) bond motifs is 1. The maximum atomic E-state index is 6.15. The first-order valence-corrected chi connectivity index (χ1v) is 12.9. The van der Waals surface area contributed by atoms with E-state index >= 15 is 0 Å². The number of nitrogens with zero attached hydrogens (tertiary/aromatic N) is 6. The van der Waals surface area contributed by atoms with Gasteiger partial charge in [-0.15, -0.1) is 0 Å². The van der Waals surface area contributed by atoms with Crippen molar-refractivity contribution in [2.75, 3.05) is 39.0 Å². The van der Waals surface area contributed by atoms with Gasteiger partial charge < -0.3 is 20.3 Å². The van der Waals surface area contributed by atoms with Crippen LogP contribution in [0.25, 0.3) is 11.3 Å². The summed E-state index contributed by atoms with van der Waals surface area (Å²) in [6.07, 6.45) is 11.6. The second kappa shape index (κ2) is 9.24. The largest absolute Gasteiger partial charge is 0.433 e. The Bertz CT molecular complexity index is 1210. The van der Waals surface area contributed by atoms with Crippen LogP contribution in [0.4, 0.5) is 5.82 Å². The van der Waals surface area contributed by atoms with Crippen molar-refractivity contribution in [3.63, 3.8) is 0 Å². The summed E-state index contributed by atoms with van der Waals surface area (Å²) in [5.74, 6) is 2.20. The number of likely N-dealkylation sites (tertiary alicyclic amines) is 1. The van der Waals surface area contributed by atoms with Crippen LogP contribution >= 0.6 is 0 Å². The number of hydrogen-bond donors (Lipinski definition) is 1. The molecule has 4 heterocycles. The van der Waals surface area contributed by atoms with E-state index in [-0.39, 0.29) is 5.82 Å². The van der Waals surface area contributed by atoms with Gasteiger partial charge in [0.05, 0.1) is 30.3 Å². The molecule has 0 bridgehead atoms. The normalized spacial score (nSPS) is 19.6. The molecule has 0 atom stereocenters. The Morgan fingerprint density at radius 2 is 1.91 bits per heavy atom. The molecule has 8 nitrogen and oxygen atoms in total. The molecule has 2 aromatic heterocycles. The molecule has 1 aromatic carbocycles. The van der Waals surface area contributed by atoms with Gasteiger partial charge in [-0.25, -0.2) is 9.97 Å². The standard InChI is InChI=1S/C27H35N7O/c1-18-11-20(12-21-16-32(2)8-7-24(18)21)25-14-29-26(28)27(31-25)35-23-13-30-34(17-23)22-5-9-33(10-6-22)15-19-3-4-19/h11-14,17,19,22H,3-10,15-16H2,1-2H3,(H2,28,29). The van der Waals surface area contributed by atoms with E-state index in [1.807, 2.05) is 10.9 Å². The molecule has 6 rings (SSSR count). The van der Waals surface area contributed by atoms with Crippen molar-refractivity contribution in [2.24, 2.45) is 5.92 Å². The lowest BCUT2D eigenvalue weighted by molar-refractivity contribution is 0.174. The second-order valence-corrected chi connectivity index (χ2v) is 10.6. The molecular weight excluding hydrogens is 438 g/mol. The number of aromatic nitrogens is 4. The van der Waals surface area contributed by atoms with Crippen molar-refractivity contribution in [1.29, 1.82) is 0 Å². The topological polar surface area (TPSA) is 85.3 Å². The van der Waals surface area contributed by atoms with Crippen LogP contribution in [0.1, 0.15) is 48.4 Å². The van der Waals surface area contributed by atoms with Crippen molar-refractivity contribution in [1.82, 2.24) is 29.5 Å². The van der Waals surface area contributed by atoms with Gasteiger partial charge in [-0.3, -0.25) is 4.68 Å². The summed E-state index contributed by atoms with van der Waals surface area (Å²) in [4.78, 5) is 14.1. The minimum atomic E-state index is 0.282. The van der Waals surface area contributed by atoms with E-state index in [4.69, 9.17) is 15.5 Å². The van der Waals surface area contributed by atoms with E-state index in [2.05, 4.69) is 46.0 Å². The fraction of sp³-hybridized carbons (Fsp3) is 0.519. The molecule has 3 aliphatic rings. The number of nitrogen functional groups attached to an aromatic ring is 1. The summed E-state index contributed by atoms with van der Waals surface area (Å²) in [6.45, 7) is 7.80. The van der Waals surface area contributed by atoms with Gasteiger partial charge in [0.15, 0.2) is 11.6 Å². The molecule has 0 unspecified atom stereocenters. The van der Waals surface area contributed by atoms with Crippen LogP contribution in [0, 0.1) is 12.8 Å². The second-order valence-electron chi connectivity index (χ2n) is 10.6. The molecule has 1 aliphatic carbocycles. The molecule has 2 fully saturated rings. The Labute approximate surface area is 207 Å². The van der Waals surface area contributed by atoms with Crippen molar-refractivity contribution in [2.45, 2.75) is 51.6 Å². The van der Waals surface area contributed by atoms with Gasteiger partial charge in [0.2, 0.25) is 0 Å². The molecule has 2 N–H and O–H groups in total. The number of likely N-dealkylation sites (N-methyl/N-ethyl adjacent to an activating group) is 1. The molecule has 2 aliphatic heterocycles. The zero-order valence-corrected chi connectivity index (χ0v) is 20.8. The van der Waals surface area contributed by atoms with E-state index in [9.17, 15) is 0 Å². The summed E-state index contributed by atoms with van der Waals surface area (Å²) >= 11 is 0. The number of aryl methyl sites for hydroxylation is 1. The maximum absolute atomic E-state index is 6.15. The van der Waals surface area contributed by atoms with Gasteiger partial charge in [-0.1, -0.05) is 0 Å². The quantitative estimate of drug-likeness (QED) is 0.578. The highest BCUT2D eigenvalue weighted by Gasteiger charge is 2.28. The van der Waals surface area contributed by atoms with Crippen LogP contribution in [-0.4, -0.2) is 62.8 Å². The minimum Gasteiger partial charge on any atom is -0.433 e. The molecule has 1 saturated heterocycles. The van der Waals surface area contributed by atoms with Crippen LogP contribution in [0.3, 0.4) is 0 Å². The summed E-state index contributed by atoms with van der Waals surface area (Å²) in [7, 11) is 2.16. The van der Waals surface area contributed by atoms with Crippen molar-refractivity contribution in [3.8, 4) is 22.9 Å². The predicted octanol–water partition coefficient (Wildman–Crippen LogP) is 4.06. The molecule has 1 saturated carbocycles. The van der Waals surface area contributed by atoms with Gasteiger partial charge in [0.1, 0.15) is 0 Å². The number of nitrogens with two attached hydrogens (primary N) is 1. The monoisotopic (exact) mass is 473 g/mol. The molecule has 184 valence electrons. The van der Waals surface area contributed by atoms with Gasteiger partial charge in [0.25, 0.3) is 5.88 Å². The highest BCUT2D eigenvalue weighted by Crippen LogP contribution is 2.33. The zero-order chi connectivity index (χ0) is 23.9. The molecule has 0 radical (unpaired) electrons. The third kappa shape index (κ3) is 4.90. The number of anilines is 1. The lowest BCUT2D eigenvalue weighted by Gasteiger charge is -2.31. The Hall–Kier alpha value is -2.97. The van der Waals surface area contributed by atoms with Gasteiger partial charge in [-0.05, 0) is 80.8 Å². The lowest BCUT2D eigenvalue weighted by atomic mass is 9.92. The van der Waals surface area contributed by atoms with E-state index < -0.39 is 0 Å². The number of hydrogen-bond acceptors (Lipinski definition) is 7. The molecule has 0 amide bonds. The summed E-state index contributed by atoms with van der Waals surface area (Å²) in [5.41, 5.74) is 12.1. The van der Waals surface area contributed by atoms with Crippen LogP contribution < -0.4 is 10.5 Å². The molecular formula is C27H35N7O. The Morgan fingerprint density at radius 3 is 2.71 bits per heavy atom. The number of ether oxygens (including phenoxy) is 1. The minimum absolute atomic E-state index is 0.282. The smallest absolute Gasteiger partial charge is 0.263 e. The van der Waals surface area contributed by atoms with E-state index in [1.54, 1.807) is 12.4 Å². The molecule has 0 spiro atoms. The zero-order valence-electron chi connectivity index (χ0n) is 20.8. The third-order valence-electron chi connectivity index (χ3n) is 7.75. The number of piperidine rings is 1. The van der Waals surface area contributed by atoms with E-state index in [0.717, 1.165) is 62.6 Å². The Morgan fingerprint density at radius 1 is 1.09 bits per heavy atom. The number of benzene rings is 1. The Balaban J connectivity index is 1.17. The van der Waals surface area contributed by atoms with Crippen molar-refractivity contribution >= 4 is 5.82 Å². The highest BCUT2D eigenvalue weighted by molar-refractivity contribution is 5.64. The van der Waals surface area contributed by atoms with Gasteiger partial charge in [0, 0.05) is 38.3 Å². The fourth-order valence-electron chi connectivity index (χ4n) is 5.52. The molecule has 3 aromatic rings. The maximum Gasteiger partial charge on any atom is 0.263 e. The number of rotatable bonds is 6. The first-order chi connectivity index (χ1) is 17.0. The average Bonchev–Trinajstić information content (AvgIpc) is 3.55. The molecule has 35 heavy (non-hydrogen) atoms. The van der Waals surface area contributed by atoms with Crippen LogP contribution in [0.2, 0.25) is 0 Å². The first-order valence-electron chi connectivity index (χ1n) is 12.9.